The summed E-state index contributed by atoms with van der Waals surface area (Å²) in [5, 5.41) is 8.77. The Bertz CT molecular complexity index is 275. The zero-order valence-electron chi connectivity index (χ0n) is 10.5. The van der Waals surface area contributed by atoms with Gasteiger partial charge in [-0.3, -0.25) is 0 Å². The SMILES string of the molecule is CN1CCC2(CC1)CCN(CCCO)C(=O)O2. The van der Waals surface area contributed by atoms with Gasteiger partial charge in [-0.15, -0.1) is 0 Å². The lowest BCUT2D eigenvalue weighted by molar-refractivity contribution is -0.0785. The average Bonchev–Trinajstić information content (AvgIpc) is 2.33. The van der Waals surface area contributed by atoms with Gasteiger partial charge in [-0.05, 0) is 13.5 Å². The van der Waals surface area contributed by atoms with Crippen LogP contribution in [0.15, 0.2) is 0 Å². The molecular weight excluding hydrogens is 220 g/mol. The molecule has 2 heterocycles. The molecule has 5 heteroatoms. The molecule has 2 rings (SSSR count). The number of nitrogens with zero attached hydrogens (tertiary/aromatic N) is 2. The molecule has 1 spiro atoms. The van der Waals surface area contributed by atoms with Crippen molar-refractivity contribution in [3.05, 3.63) is 0 Å². The Kier molecular flexibility index (Phi) is 3.89. The summed E-state index contributed by atoms with van der Waals surface area (Å²) in [6, 6.07) is 0. The smallest absolute Gasteiger partial charge is 0.410 e. The van der Waals surface area contributed by atoms with Crippen molar-refractivity contribution < 1.29 is 14.6 Å². The minimum absolute atomic E-state index is 0.125. The predicted octanol–water partition coefficient (Wildman–Crippen LogP) is 0.676. The summed E-state index contributed by atoms with van der Waals surface area (Å²) in [6.45, 7) is 3.50. The van der Waals surface area contributed by atoms with Crippen LogP contribution >= 0.6 is 0 Å². The van der Waals surface area contributed by atoms with Gasteiger partial charge in [-0.2, -0.15) is 0 Å². The van der Waals surface area contributed by atoms with Crippen LogP contribution in [0.5, 0.6) is 0 Å². The van der Waals surface area contributed by atoms with Gasteiger partial charge in [0.05, 0.1) is 0 Å². The molecule has 1 amide bonds. The Hall–Kier alpha value is -0.810. The van der Waals surface area contributed by atoms with Crippen LogP contribution in [0.3, 0.4) is 0 Å². The number of rotatable bonds is 3. The van der Waals surface area contributed by atoms with Crippen molar-refractivity contribution in [2.75, 3.05) is 39.8 Å². The minimum atomic E-state index is -0.209. The standard InChI is InChI=1S/C12H22N2O3/c1-13-7-3-12(4-8-13)5-9-14(6-2-10-15)11(16)17-12/h15H,2-10H2,1H3. The van der Waals surface area contributed by atoms with Crippen LogP contribution in [-0.2, 0) is 4.74 Å². The van der Waals surface area contributed by atoms with E-state index in [1.807, 2.05) is 0 Å². The number of aliphatic hydroxyl groups excluding tert-OH is 1. The number of piperidine rings is 1. The fraction of sp³-hybridized carbons (Fsp3) is 0.917. The first kappa shape index (κ1) is 12.6. The van der Waals surface area contributed by atoms with Crippen molar-refractivity contribution in [3.63, 3.8) is 0 Å². The molecule has 2 fully saturated rings. The van der Waals surface area contributed by atoms with Crippen molar-refractivity contribution >= 4 is 6.09 Å². The number of likely N-dealkylation sites (tertiary alicyclic amines) is 1. The highest BCUT2D eigenvalue weighted by Crippen LogP contribution is 2.33. The molecule has 17 heavy (non-hydrogen) atoms. The molecule has 0 aromatic carbocycles. The molecule has 2 aliphatic heterocycles. The molecule has 0 unspecified atom stereocenters. The van der Waals surface area contributed by atoms with Crippen molar-refractivity contribution in [1.29, 1.82) is 0 Å². The van der Waals surface area contributed by atoms with E-state index in [9.17, 15) is 4.79 Å². The number of carbonyl (C=O) groups is 1. The Balaban J connectivity index is 1.88. The molecule has 0 aliphatic carbocycles. The highest BCUT2D eigenvalue weighted by molar-refractivity contribution is 5.69. The van der Waals surface area contributed by atoms with Crippen LogP contribution in [0.2, 0.25) is 0 Å². The number of hydrogen-bond donors (Lipinski definition) is 1. The quantitative estimate of drug-likeness (QED) is 0.790. The summed E-state index contributed by atoms with van der Waals surface area (Å²) < 4.78 is 5.65. The van der Waals surface area contributed by atoms with Crippen molar-refractivity contribution in [2.45, 2.75) is 31.3 Å². The molecule has 2 saturated heterocycles. The summed E-state index contributed by atoms with van der Waals surface area (Å²) in [4.78, 5) is 15.8. The van der Waals surface area contributed by atoms with Crippen molar-refractivity contribution in [2.24, 2.45) is 0 Å². The third-order valence-electron chi connectivity index (χ3n) is 3.88. The first-order chi connectivity index (χ1) is 8.15. The fourth-order valence-electron chi connectivity index (χ4n) is 2.57. The Morgan fingerprint density at radius 1 is 1.29 bits per heavy atom. The van der Waals surface area contributed by atoms with E-state index >= 15 is 0 Å². The monoisotopic (exact) mass is 242 g/mol. The third-order valence-corrected chi connectivity index (χ3v) is 3.88. The lowest BCUT2D eigenvalue weighted by atomic mass is 9.87. The number of hydrogen-bond acceptors (Lipinski definition) is 4. The van der Waals surface area contributed by atoms with E-state index in [1.54, 1.807) is 4.90 Å². The maximum Gasteiger partial charge on any atom is 0.410 e. The van der Waals surface area contributed by atoms with Crippen LogP contribution in [0.1, 0.15) is 25.7 Å². The summed E-state index contributed by atoms with van der Waals surface area (Å²) >= 11 is 0. The highest BCUT2D eigenvalue weighted by Gasteiger charge is 2.42. The van der Waals surface area contributed by atoms with Crippen molar-refractivity contribution in [3.8, 4) is 0 Å². The largest absolute Gasteiger partial charge is 0.443 e. The lowest BCUT2D eigenvalue weighted by Gasteiger charge is -2.45. The van der Waals surface area contributed by atoms with Gasteiger partial charge >= 0.3 is 6.09 Å². The van der Waals surface area contributed by atoms with Gasteiger partial charge in [0.1, 0.15) is 5.60 Å². The number of aliphatic hydroxyl groups is 1. The van der Waals surface area contributed by atoms with E-state index in [2.05, 4.69) is 11.9 Å². The van der Waals surface area contributed by atoms with Crippen LogP contribution in [0, 0.1) is 0 Å². The summed E-state index contributed by atoms with van der Waals surface area (Å²) in [6.07, 6.45) is 3.25. The van der Waals surface area contributed by atoms with Gasteiger partial charge < -0.3 is 19.6 Å². The van der Waals surface area contributed by atoms with E-state index < -0.39 is 0 Å². The van der Waals surface area contributed by atoms with E-state index in [1.165, 1.54) is 0 Å². The van der Waals surface area contributed by atoms with Gasteiger partial charge in [0, 0.05) is 52.0 Å². The van der Waals surface area contributed by atoms with Gasteiger partial charge in [0.15, 0.2) is 0 Å². The molecule has 0 bridgehead atoms. The van der Waals surface area contributed by atoms with Crippen LogP contribution in [0.4, 0.5) is 4.79 Å². The molecule has 0 saturated carbocycles. The van der Waals surface area contributed by atoms with Crippen LogP contribution in [0.25, 0.3) is 0 Å². The summed E-state index contributed by atoms with van der Waals surface area (Å²) in [5.74, 6) is 0. The Morgan fingerprint density at radius 2 is 1.94 bits per heavy atom. The second kappa shape index (κ2) is 5.23. The van der Waals surface area contributed by atoms with Crippen molar-refractivity contribution in [1.82, 2.24) is 9.80 Å². The number of ether oxygens (including phenoxy) is 1. The molecule has 5 nitrogen and oxygen atoms in total. The van der Waals surface area contributed by atoms with Crippen LogP contribution < -0.4 is 0 Å². The second-order valence-corrected chi connectivity index (χ2v) is 5.17. The van der Waals surface area contributed by atoms with Gasteiger partial charge in [-0.25, -0.2) is 4.79 Å². The molecular formula is C12H22N2O3. The normalized spacial score (nSPS) is 25.1. The van der Waals surface area contributed by atoms with E-state index in [0.717, 1.165) is 38.9 Å². The Morgan fingerprint density at radius 3 is 2.53 bits per heavy atom. The summed E-state index contributed by atoms with van der Waals surface area (Å²) in [5.41, 5.74) is -0.209. The average molecular weight is 242 g/mol. The van der Waals surface area contributed by atoms with Gasteiger partial charge in [0.25, 0.3) is 0 Å². The summed E-state index contributed by atoms with van der Waals surface area (Å²) in [7, 11) is 2.10. The first-order valence-corrected chi connectivity index (χ1v) is 6.42. The Labute approximate surface area is 102 Å². The molecule has 0 aromatic rings. The first-order valence-electron chi connectivity index (χ1n) is 6.42. The molecule has 2 aliphatic rings. The number of carbonyl (C=O) groups excluding carboxylic acids is 1. The van der Waals surface area contributed by atoms with Gasteiger partial charge in [0.2, 0.25) is 0 Å². The van der Waals surface area contributed by atoms with E-state index in [4.69, 9.17) is 9.84 Å². The predicted molar refractivity (Wildman–Crippen MR) is 63.8 cm³/mol. The van der Waals surface area contributed by atoms with E-state index in [-0.39, 0.29) is 18.3 Å². The maximum absolute atomic E-state index is 11.9. The lowest BCUT2D eigenvalue weighted by Crippen LogP contribution is -2.54. The maximum atomic E-state index is 11.9. The second-order valence-electron chi connectivity index (χ2n) is 5.17. The zero-order valence-corrected chi connectivity index (χ0v) is 10.5. The van der Waals surface area contributed by atoms with Crippen LogP contribution in [-0.4, -0.2) is 66.4 Å². The topological polar surface area (TPSA) is 53.0 Å². The zero-order chi connectivity index (χ0) is 12.3. The molecule has 98 valence electrons. The highest BCUT2D eigenvalue weighted by atomic mass is 16.6. The minimum Gasteiger partial charge on any atom is -0.443 e. The number of amides is 1. The fourth-order valence-corrected chi connectivity index (χ4v) is 2.57. The molecule has 0 radical (unpaired) electrons. The van der Waals surface area contributed by atoms with Gasteiger partial charge in [-0.1, -0.05) is 0 Å². The molecule has 0 aromatic heterocycles. The molecule has 0 atom stereocenters. The third kappa shape index (κ3) is 2.90. The molecule has 1 N–H and O–H groups in total. The van der Waals surface area contributed by atoms with E-state index in [0.29, 0.717) is 13.0 Å².